The second kappa shape index (κ2) is 6.95. The third-order valence-corrected chi connectivity index (χ3v) is 4.03. The number of aromatic nitrogens is 4. The second-order valence-corrected chi connectivity index (χ2v) is 6.29. The van der Waals surface area contributed by atoms with Crippen molar-refractivity contribution in [3.05, 3.63) is 63.8 Å². The molecule has 3 rings (SSSR count). The first-order valence-corrected chi connectivity index (χ1v) is 8.41. The zero-order valence-corrected chi connectivity index (χ0v) is 15.1. The first-order chi connectivity index (χ1) is 12.4. The number of aryl methyl sites for hydroxylation is 3. The fourth-order valence-electron chi connectivity index (χ4n) is 2.93. The van der Waals surface area contributed by atoms with E-state index in [2.05, 4.69) is 16.1 Å². The summed E-state index contributed by atoms with van der Waals surface area (Å²) < 4.78 is 3.26. The monoisotopic (exact) mass is 351 g/mol. The van der Waals surface area contributed by atoms with Crippen LogP contribution in [-0.4, -0.2) is 25.2 Å². The fourth-order valence-corrected chi connectivity index (χ4v) is 2.93. The quantitative estimate of drug-likeness (QED) is 0.757. The molecule has 2 heterocycles. The van der Waals surface area contributed by atoms with Crippen molar-refractivity contribution in [2.45, 2.75) is 33.7 Å². The van der Waals surface area contributed by atoms with Crippen LogP contribution in [0, 0.1) is 13.8 Å². The molecule has 0 aliphatic rings. The Bertz CT molecular complexity index is 1010. The molecule has 1 amide bonds. The number of pyridine rings is 1. The van der Waals surface area contributed by atoms with Gasteiger partial charge in [0.05, 0.1) is 12.1 Å². The lowest BCUT2D eigenvalue weighted by atomic mass is 10.1. The van der Waals surface area contributed by atoms with Crippen LogP contribution in [-0.2, 0) is 17.8 Å². The van der Waals surface area contributed by atoms with E-state index in [1.807, 2.05) is 39.0 Å². The van der Waals surface area contributed by atoms with E-state index in [1.54, 1.807) is 15.4 Å². The van der Waals surface area contributed by atoms with Crippen molar-refractivity contribution < 1.29 is 4.79 Å². The number of benzene rings is 1. The van der Waals surface area contributed by atoms with Crippen LogP contribution in [0.4, 0.5) is 0 Å². The molecular formula is C19H21N5O2. The van der Waals surface area contributed by atoms with Crippen LogP contribution in [0.3, 0.4) is 0 Å². The summed E-state index contributed by atoms with van der Waals surface area (Å²) in [6.45, 7) is 6.50. The molecule has 134 valence electrons. The van der Waals surface area contributed by atoms with E-state index in [-0.39, 0.29) is 12.0 Å². The lowest BCUT2D eigenvalue weighted by Crippen LogP contribution is -2.17. The average Bonchev–Trinajstić information content (AvgIpc) is 2.97. The van der Waals surface area contributed by atoms with Gasteiger partial charge < -0.3 is 10.3 Å². The first-order valence-electron chi connectivity index (χ1n) is 8.41. The smallest absolute Gasteiger partial charge is 0.251 e. The zero-order valence-electron chi connectivity index (χ0n) is 15.1. The van der Waals surface area contributed by atoms with Gasteiger partial charge >= 0.3 is 0 Å². The maximum atomic E-state index is 12.2. The van der Waals surface area contributed by atoms with E-state index in [1.165, 1.54) is 6.07 Å². The Morgan fingerprint density at radius 3 is 2.42 bits per heavy atom. The van der Waals surface area contributed by atoms with E-state index < -0.39 is 5.91 Å². The summed E-state index contributed by atoms with van der Waals surface area (Å²) in [4.78, 5) is 28.0. The zero-order chi connectivity index (χ0) is 18.8. The molecule has 0 atom stereocenters. The number of primary amides is 1. The average molecular weight is 351 g/mol. The molecule has 0 aliphatic carbocycles. The van der Waals surface area contributed by atoms with Crippen molar-refractivity contribution in [1.29, 1.82) is 0 Å². The normalized spacial score (nSPS) is 10.9. The minimum Gasteiger partial charge on any atom is -0.369 e. The third kappa shape index (κ3) is 3.56. The SMILES string of the molecule is CCn1ccc(-c2nc(CC(N)=O)nn2-c2cc(C)cc(C)c2)cc1=O. The minimum atomic E-state index is -0.504. The summed E-state index contributed by atoms with van der Waals surface area (Å²) in [6, 6.07) is 9.37. The molecule has 1 aromatic carbocycles. The van der Waals surface area contributed by atoms with Gasteiger partial charge in [-0.2, -0.15) is 5.10 Å². The molecule has 0 saturated carbocycles. The highest BCUT2D eigenvalue weighted by molar-refractivity contribution is 5.76. The molecule has 0 spiro atoms. The van der Waals surface area contributed by atoms with Gasteiger partial charge in [0, 0.05) is 24.4 Å². The number of carbonyl (C=O) groups excluding carboxylic acids is 1. The summed E-state index contributed by atoms with van der Waals surface area (Å²) >= 11 is 0. The highest BCUT2D eigenvalue weighted by Crippen LogP contribution is 2.22. The van der Waals surface area contributed by atoms with Crippen molar-refractivity contribution in [2.75, 3.05) is 0 Å². The molecule has 7 nitrogen and oxygen atoms in total. The number of nitrogens with two attached hydrogens (primary N) is 1. The Balaban J connectivity index is 2.19. The predicted octanol–water partition coefficient (Wildman–Crippen LogP) is 1.76. The summed E-state index contributed by atoms with van der Waals surface area (Å²) in [5.74, 6) is 0.327. The van der Waals surface area contributed by atoms with Crippen LogP contribution < -0.4 is 11.3 Å². The Hall–Kier alpha value is -3.22. The van der Waals surface area contributed by atoms with Crippen LogP contribution in [0.2, 0.25) is 0 Å². The van der Waals surface area contributed by atoms with E-state index >= 15 is 0 Å². The van der Waals surface area contributed by atoms with Crippen molar-refractivity contribution in [1.82, 2.24) is 19.3 Å². The maximum Gasteiger partial charge on any atom is 0.251 e. The standard InChI is InChI=1S/C19H21N5O2/c1-4-23-6-5-14(10-18(23)26)19-21-17(11-16(20)25)22-24(19)15-8-12(2)7-13(3)9-15/h5-10H,4,11H2,1-3H3,(H2,20,25). The highest BCUT2D eigenvalue weighted by Gasteiger charge is 2.16. The molecule has 0 fully saturated rings. The van der Waals surface area contributed by atoms with Gasteiger partial charge in [0.15, 0.2) is 11.6 Å². The number of hydrogen-bond acceptors (Lipinski definition) is 4. The Kier molecular flexibility index (Phi) is 4.71. The molecule has 3 aromatic rings. The predicted molar refractivity (Wildman–Crippen MR) is 99.1 cm³/mol. The summed E-state index contributed by atoms with van der Waals surface area (Å²) in [5, 5.41) is 4.45. The summed E-state index contributed by atoms with van der Waals surface area (Å²) in [5.41, 5.74) is 8.80. The third-order valence-electron chi connectivity index (χ3n) is 4.03. The van der Waals surface area contributed by atoms with Crippen LogP contribution >= 0.6 is 0 Å². The second-order valence-electron chi connectivity index (χ2n) is 6.29. The van der Waals surface area contributed by atoms with Gasteiger partial charge in [0.1, 0.15) is 0 Å². The molecule has 2 aromatic heterocycles. The van der Waals surface area contributed by atoms with E-state index in [4.69, 9.17) is 5.73 Å². The summed E-state index contributed by atoms with van der Waals surface area (Å²) in [6.07, 6.45) is 1.67. The van der Waals surface area contributed by atoms with Crippen molar-refractivity contribution >= 4 is 5.91 Å². The van der Waals surface area contributed by atoms with Crippen LogP contribution in [0.25, 0.3) is 17.1 Å². The van der Waals surface area contributed by atoms with Gasteiger partial charge in [-0.15, -0.1) is 0 Å². The lowest BCUT2D eigenvalue weighted by molar-refractivity contribution is -0.117. The highest BCUT2D eigenvalue weighted by atomic mass is 16.1. The molecule has 2 N–H and O–H groups in total. The van der Waals surface area contributed by atoms with Gasteiger partial charge in [0.25, 0.3) is 5.56 Å². The maximum absolute atomic E-state index is 12.2. The van der Waals surface area contributed by atoms with E-state index in [9.17, 15) is 9.59 Å². The minimum absolute atomic E-state index is 0.0587. The number of amides is 1. The fraction of sp³-hybridized carbons (Fsp3) is 0.263. The lowest BCUT2D eigenvalue weighted by Gasteiger charge is -2.09. The van der Waals surface area contributed by atoms with E-state index in [0.29, 0.717) is 23.8 Å². The molecule has 0 unspecified atom stereocenters. The Morgan fingerprint density at radius 1 is 1.15 bits per heavy atom. The molecule has 0 bridgehead atoms. The van der Waals surface area contributed by atoms with Gasteiger partial charge in [-0.25, -0.2) is 9.67 Å². The molecular weight excluding hydrogens is 330 g/mol. The Morgan fingerprint density at radius 2 is 1.85 bits per heavy atom. The van der Waals surface area contributed by atoms with Gasteiger partial charge in [-0.05, 0) is 50.1 Å². The van der Waals surface area contributed by atoms with Gasteiger partial charge in [-0.3, -0.25) is 9.59 Å². The van der Waals surface area contributed by atoms with Crippen LogP contribution in [0.15, 0.2) is 41.3 Å². The van der Waals surface area contributed by atoms with Crippen molar-refractivity contribution in [3.63, 3.8) is 0 Å². The van der Waals surface area contributed by atoms with Crippen LogP contribution in [0.1, 0.15) is 23.9 Å². The molecule has 0 aliphatic heterocycles. The number of hydrogen-bond donors (Lipinski definition) is 1. The first kappa shape index (κ1) is 17.6. The number of nitrogens with zero attached hydrogens (tertiary/aromatic N) is 4. The van der Waals surface area contributed by atoms with Crippen molar-refractivity contribution in [2.24, 2.45) is 5.73 Å². The van der Waals surface area contributed by atoms with Crippen LogP contribution in [0.5, 0.6) is 0 Å². The number of carbonyl (C=O) groups is 1. The van der Waals surface area contributed by atoms with Gasteiger partial charge in [-0.1, -0.05) is 6.07 Å². The molecule has 0 saturated heterocycles. The molecule has 0 radical (unpaired) electrons. The van der Waals surface area contributed by atoms with E-state index in [0.717, 1.165) is 16.8 Å². The van der Waals surface area contributed by atoms with Gasteiger partial charge in [0.2, 0.25) is 5.91 Å². The van der Waals surface area contributed by atoms with Crippen molar-refractivity contribution in [3.8, 4) is 17.1 Å². The molecule has 26 heavy (non-hydrogen) atoms. The number of rotatable bonds is 5. The summed E-state index contributed by atoms with van der Waals surface area (Å²) in [7, 11) is 0. The largest absolute Gasteiger partial charge is 0.369 e. The molecule has 7 heteroatoms. The Labute approximate surface area is 151 Å². The topological polar surface area (TPSA) is 95.8 Å².